The van der Waals surface area contributed by atoms with Crippen LogP contribution in [0.5, 0.6) is 0 Å². The summed E-state index contributed by atoms with van der Waals surface area (Å²) in [6.07, 6.45) is -2.24. The number of ether oxygens (including phenoxy) is 3. The number of hydrogen-bond donors (Lipinski definition) is 1. The number of amides is 2. The lowest BCUT2D eigenvalue weighted by molar-refractivity contribution is -0.176. The number of carbonyl (C=O) groups excluding carboxylic acids is 1. The third kappa shape index (κ3) is 10.6. The summed E-state index contributed by atoms with van der Waals surface area (Å²) in [5.41, 5.74) is 2.06. The molecule has 0 spiro atoms. The first-order chi connectivity index (χ1) is 22.5. The molecule has 254 valence electrons. The number of carboxylic acid groups (broad SMARTS) is 1. The maximum atomic E-state index is 13.2. The van der Waals surface area contributed by atoms with Gasteiger partial charge in [0.1, 0.15) is 18.2 Å². The van der Waals surface area contributed by atoms with E-state index in [4.69, 9.17) is 9.84 Å². The SMILES string of the molecule is O=C(O)N1CCC(OC(F)F)CC1c1ccc(F)cc1.O=C(OCc1ccccc1)N1CCC(OC(F)F)CC1c1ccc(F)cc1. The lowest BCUT2D eigenvalue weighted by Crippen LogP contribution is -2.43. The van der Waals surface area contributed by atoms with Crippen LogP contribution in [-0.4, -0.2) is 65.6 Å². The number of carbonyl (C=O) groups is 2. The molecule has 0 bridgehead atoms. The van der Waals surface area contributed by atoms with Gasteiger partial charge in [-0.2, -0.15) is 17.6 Å². The highest BCUT2D eigenvalue weighted by atomic mass is 19.3. The van der Waals surface area contributed by atoms with Crippen molar-refractivity contribution in [3.63, 3.8) is 0 Å². The van der Waals surface area contributed by atoms with Crippen molar-refractivity contribution in [3.05, 3.63) is 107 Å². The van der Waals surface area contributed by atoms with Crippen molar-refractivity contribution in [2.75, 3.05) is 13.1 Å². The van der Waals surface area contributed by atoms with Crippen LogP contribution in [0.2, 0.25) is 0 Å². The molecule has 2 aliphatic heterocycles. The van der Waals surface area contributed by atoms with Gasteiger partial charge in [-0.1, -0.05) is 54.6 Å². The summed E-state index contributed by atoms with van der Waals surface area (Å²) in [5, 5.41) is 9.16. The molecule has 4 atom stereocenters. The monoisotopic (exact) mass is 668 g/mol. The van der Waals surface area contributed by atoms with Gasteiger partial charge in [0.15, 0.2) is 0 Å². The summed E-state index contributed by atoms with van der Waals surface area (Å²) in [6, 6.07) is 19.1. The molecule has 8 nitrogen and oxygen atoms in total. The largest absolute Gasteiger partial charge is 0.465 e. The van der Waals surface area contributed by atoms with Crippen LogP contribution in [-0.2, 0) is 20.8 Å². The third-order valence-corrected chi connectivity index (χ3v) is 7.89. The summed E-state index contributed by atoms with van der Waals surface area (Å²) < 4.78 is 90.3. The van der Waals surface area contributed by atoms with Gasteiger partial charge in [-0.05, 0) is 66.6 Å². The van der Waals surface area contributed by atoms with E-state index in [1.54, 1.807) is 12.1 Å². The van der Waals surface area contributed by atoms with Crippen LogP contribution in [0.4, 0.5) is 35.9 Å². The van der Waals surface area contributed by atoms with Crippen LogP contribution in [0.15, 0.2) is 78.9 Å². The van der Waals surface area contributed by atoms with Gasteiger partial charge in [-0.25, -0.2) is 18.4 Å². The highest BCUT2D eigenvalue weighted by Gasteiger charge is 2.36. The van der Waals surface area contributed by atoms with E-state index in [9.17, 15) is 35.9 Å². The predicted octanol–water partition coefficient (Wildman–Crippen LogP) is 8.16. The van der Waals surface area contributed by atoms with E-state index < -0.39 is 61.3 Å². The zero-order chi connectivity index (χ0) is 33.9. The average molecular weight is 669 g/mol. The highest BCUT2D eigenvalue weighted by molar-refractivity contribution is 5.68. The number of likely N-dealkylation sites (tertiary alicyclic amines) is 2. The van der Waals surface area contributed by atoms with E-state index in [1.807, 2.05) is 30.3 Å². The standard InChI is InChI=1S/C20H20F3NO3.C13H14F3NO3/c21-16-8-6-15(7-9-16)18-12-17(27-19(22)23)10-11-24(18)20(25)26-13-14-4-2-1-3-5-14;14-9-3-1-8(2-4-9)11-7-10(20-12(15)16)5-6-17(11)13(18)19/h1-9,17-19H,10-13H2;1-4,10-12H,5-7H2,(H,18,19). The van der Waals surface area contributed by atoms with E-state index in [-0.39, 0.29) is 45.4 Å². The molecule has 0 radical (unpaired) electrons. The molecular weight excluding hydrogens is 634 g/mol. The summed E-state index contributed by atoms with van der Waals surface area (Å²) in [4.78, 5) is 26.4. The van der Waals surface area contributed by atoms with E-state index in [1.165, 1.54) is 46.2 Å². The Morgan fingerprint density at radius 2 is 1.15 bits per heavy atom. The summed E-state index contributed by atoms with van der Waals surface area (Å²) in [6.45, 7) is -5.32. The summed E-state index contributed by atoms with van der Waals surface area (Å²) >= 11 is 0. The van der Waals surface area contributed by atoms with Crippen molar-refractivity contribution in [2.45, 2.75) is 69.8 Å². The average Bonchev–Trinajstić information content (AvgIpc) is 3.04. The number of hydrogen-bond acceptors (Lipinski definition) is 5. The Bertz CT molecular complexity index is 1420. The second-order valence-corrected chi connectivity index (χ2v) is 10.9. The Morgan fingerprint density at radius 3 is 1.60 bits per heavy atom. The third-order valence-electron chi connectivity index (χ3n) is 7.89. The molecule has 0 aromatic heterocycles. The molecule has 0 aliphatic carbocycles. The molecule has 5 rings (SSSR count). The molecule has 3 aromatic carbocycles. The molecule has 2 heterocycles. The zero-order valence-corrected chi connectivity index (χ0v) is 25.1. The Balaban J connectivity index is 0.000000223. The molecule has 4 unspecified atom stereocenters. The van der Waals surface area contributed by atoms with Gasteiger partial charge in [0.2, 0.25) is 0 Å². The quantitative estimate of drug-likeness (QED) is 0.244. The molecule has 2 aliphatic rings. The summed E-state index contributed by atoms with van der Waals surface area (Å²) in [5.74, 6) is -0.847. The smallest absolute Gasteiger partial charge is 0.410 e. The maximum Gasteiger partial charge on any atom is 0.410 e. The normalized spacial score (nSPS) is 21.3. The van der Waals surface area contributed by atoms with Gasteiger partial charge < -0.3 is 29.1 Å². The Hall–Kier alpha value is -4.30. The Morgan fingerprint density at radius 1 is 0.702 bits per heavy atom. The fraction of sp³-hybridized carbons (Fsp3) is 0.394. The van der Waals surface area contributed by atoms with Crippen molar-refractivity contribution in [2.24, 2.45) is 0 Å². The fourth-order valence-electron chi connectivity index (χ4n) is 5.66. The number of halogens is 6. The van der Waals surface area contributed by atoms with Crippen molar-refractivity contribution in [3.8, 4) is 0 Å². The first-order valence-corrected chi connectivity index (χ1v) is 14.8. The second-order valence-electron chi connectivity index (χ2n) is 10.9. The van der Waals surface area contributed by atoms with Gasteiger partial charge in [-0.3, -0.25) is 0 Å². The van der Waals surface area contributed by atoms with Gasteiger partial charge in [0, 0.05) is 13.1 Å². The number of alkyl halides is 4. The molecule has 14 heteroatoms. The number of piperidine rings is 2. The van der Waals surface area contributed by atoms with Crippen LogP contribution in [0, 0.1) is 11.6 Å². The lowest BCUT2D eigenvalue weighted by Gasteiger charge is -2.38. The minimum Gasteiger partial charge on any atom is -0.465 e. The van der Waals surface area contributed by atoms with Crippen LogP contribution in [0.1, 0.15) is 54.5 Å². The summed E-state index contributed by atoms with van der Waals surface area (Å²) in [7, 11) is 0. The maximum absolute atomic E-state index is 13.2. The van der Waals surface area contributed by atoms with Gasteiger partial charge >= 0.3 is 25.4 Å². The van der Waals surface area contributed by atoms with Crippen molar-refractivity contribution < 1.29 is 55.2 Å². The highest BCUT2D eigenvalue weighted by Crippen LogP contribution is 2.35. The molecule has 2 fully saturated rings. The van der Waals surface area contributed by atoms with Crippen LogP contribution in [0.3, 0.4) is 0 Å². The van der Waals surface area contributed by atoms with Gasteiger partial charge in [0.25, 0.3) is 0 Å². The second kappa shape index (κ2) is 17.0. The first kappa shape index (κ1) is 35.6. The van der Waals surface area contributed by atoms with E-state index in [0.717, 1.165) is 5.56 Å². The lowest BCUT2D eigenvalue weighted by atomic mass is 9.93. The molecule has 1 N–H and O–H groups in total. The van der Waals surface area contributed by atoms with Crippen molar-refractivity contribution >= 4 is 12.2 Å². The molecule has 0 saturated carbocycles. The van der Waals surface area contributed by atoms with Crippen LogP contribution >= 0.6 is 0 Å². The molecule has 3 aromatic rings. The fourth-order valence-corrected chi connectivity index (χ4v) is 5.66. The number of benzene rings is 3. The Labute approximate surface area is 267 Å². The number of nitrogens with zero attached hydrogens (tertiary/aromatic N) is 2. The van der Waals surface area contributed by atoms with Gasteiger partial charge in [-0.15, -0.1) is 0 Å². The molecule has 2 amide bonds. The van der Waals surface area contributed by atoms with Crippen molar-refractivity contribution in [1.29, 1.82) is 0 Å². The zero-order valence-electron chi connectivity index (χ0n) is 25.1. The minimum atomic E-state index is -2.88. The molecule has 47 heavy (non-hydrogen) atoms. The molecular formula is C33H34F6N2O6. The van der Waals surface area contributed by atoms with Crippen LogP contribution < -0.4 is 0 Å². The van der Waals surface area contributed by atoms with E-state index >= 15 is 0 Å². The van der Waals surface area contributed by atoms with E-state index in [0.29, 0.717) is 11.1 Å². The number of rotatable bonds is 8. The molecule has 2 saturated heterocycles. The predicted molar refractivity (Wildman–Crippen MR) is 157 cm³/mol. The van der Waals surface area contributed by atoms with E-state index in [2.05, 4.69) is 9.47 Å². The topological polar surface area (TPSA) is 88.5 Å². The van der Waals surface area contributed by atoms with Crippen LogP contribution in [0.25, 0.3) is 0 Å². The minimum absolute atomic E-state index is 0.106. The van der Waals surface area contributed by atoms with Crippen molar-refractivity contribution in [1.82, 2.24) is 9.80 Å². The first-order valence-electron chi connectivity index (χ1n) is 14.8. The van der Waals surface area contributed by atoms with Gasteiger partial charge in [0.05, 0.1) is 24.3 Å². The Kier molecular flexibility index (Phi) is 12.9.